The van der Waals surface area contributed by atoms with Crippen molar-refractivity contribution in [1.82, 2.24) is 4.57 Å². The molecule has 0 unspecified atom stereocenters. The topological polar surface area (TPSA) is 14.2 Å². The zero-order valence-corrected chi connectivity index (χ0v) is 12.6. The molecule has 0 bridgehead atoms. The summed E-state index contributed by atoms with van der Waals surface area (Å²) < 4.78 is 8.30. The van der Waals surface area contributed by atoms with Crippen molar-refractivity contribution in [2.24, 2.45) is 0 Å². The van der Waals surface area contributed by atoms with Gasteiger partial charge in [-0.1, -0.05) is 11.6 Å². The van der Waals surface area contributed by atoms with Crippen molar-refractivity contribution in [2.45, 2.75) is 0 Å². The number of hydrogen-bond acceptors (Lipinski definition) is 1. The van der Waals surface area contributed by atoms with Crippen LogP contribution in [-0.4, -0.2) is 11.7 Å². The number of nitrogens with zero attached hydrogens (tertiary/aromatic N) is 1. The lowest BCUT2D eigenvalue weighted by Gasteiger charge is -2.09. The number of methoxy groups -OCH3 is 1. The van der Waals surface area contributed by atoms with Gasteiger partial charge >= 0.3 is 0 Å². The summed E-state index contributed by atoms with van der Waals surface area (Å²) in [4.78, 5) is 0. The molecule has 19 heavy (non-hydrogen) atoms. The summed E-state index contributed by atoms with van der Waals surface area (Å²) in [6, 6.07) is 14.0. The molecule has 0 N–H and O–H groups in total. The van der Waals surface area contributed by atoms with Crippen LogP contribution >= 0.6 is 27.5 Å². The lowest BCUT2D eigenvalue weighted by atomic mass is 10.2. The largest absolute Gasteiger partial charge is 0.496 e. The van der Waals surface area contributed by atoms with Crippen molar-refractivity contribution < 1.29 is 4.74 Å². The minimum Gasteiger partial charge on any atom is -0.496 e. The van der Waals surface area contributed by atoms with Gasteiger partial charge in [-0.3, -0.25) is 0 Å². The van der Waals surface area contributed by atoms with E-state index in [9.17, 15) is 0 Å². The van der Waals surface area contributed by atoms with E-state index in [2.05, 4.69) is 26.6 Å². The van der Waals surface area contributed by atoms with Crippen LogP contribution in [0.4, 0.5) is 0 Å². The van der Waals surface area contributed by atoms with E-state index < -0.39 is 0 Å². The number of fused-ring (bicyclic) bond motifs is 1. The summed E-state index contributed by atoms with van der Waals surface area (Å²) in [6.45, 7) is 0. The molecule has 3 rings (SSSR count). The van der Waals surface area contributed by atoms with Gasteiger partial charge in [0.05, 0.1) is 17.1 Å². The average Bonchev–Trinajstić information content (AvgIpc) is 2.81. The second-order valence-electron chi connectivity index (χ2n) is 4.21. The highest BCUT2D eigenvalue weighted by Crippen LogP contribution is 2.29. The highest BCUT2D eigenvalue weighted by Gasteiger charge is 2.06. The molecule has 1 heterocycles. The van der Waals surface area contributed by atoms with Gasteiger partial charge in [0.25, 0.3) is 0 Å². The quantitative estimate of drug-likeness (QED) is 0.638. The monoisotopic (exact) mass is 335 g/mol. The molecule has 0 atom stereocenters. The molecule has 0 spiro atoms. The molecule has 96 valence electrons. The van der Waals surface area contributed by atoms with Crippen LogP contribution in [0.25, 0.3) is 16.6 Å². The fraction of sp³-hybridized carbons (Fsp3) is 0.0667. The maximum atomic E-state index is 6.01. The molecule has 1 aromatic heterocycles. The maximum Gasteiger partial charge on any atom is 0.133 e. The van der Waals surface area contributed by atoms with E-state index in [1.54, 1.807) is 7.11 Å². The normalized spacial score (nSPS) is 10.9. The Labute approximate surface area is 124 Å². The van der Waals surface area contributed by atoms with Gasteiger partial charge in [-0.15, -0.1) is 0 Å². The van der Waals surface area contributed by atoms with Gasteiger partial charge in [-0.2, -0.15) is 0 Å². The number of aromatic nitrogens is 1. The van der Waals surface area contributed by atoms with Crippen molar-refractivity contribution in [2.75, 3.05) is 7.11 Å². The van der Waals surface area contributed by atoms with E-state index in [1.807, 2.05) is 42.6 Å². The molecule has 0 fully saturated rings. The fourth-order valence-corrected chi connectivity index (χ4v) is 2.85. The smallest absolute Gasteiger partial charge is 0.133 e. The summed E-state index contributed by atoms with van der Waals surface area (Å²) >= 11 is 9.51. The van der Waals surface area contributed by atoms with Crippen LogP contribution in [0.1, 0.15) is 0 Å². The van der Waals surface area contributed by atoms with E-state index in [-0.39, 0.29) is 0 Å². The van der Waals surface area contributed by atoms with Crippen LogP contribution in [-0.2, 0) is 0 Å². The van der Waals surface area contributed by atoms with Gasteiger partial charge in [0.15, 0.2) is 0 Å². The Hall–Kier alpha value is -1.45. The molecule has 3 aromatic rings. The van der Waals surface area contributed by atoms with Crippen LogP contribution in [0.5, 0.6) is 5.75 Å². The molecule has 4 heteroatoms. The number of halogens is 2. The predicted octanol–water partition coefficient (Wildman–Crippen LogP) is 5.06. The Morgan fingerprint density at radius 1 is 1.11 bits per heavy atom. The van der Waals surface area contributed by atoms with Crippen molar-refractivity contribution >= 4 is 38.4 Å². The molecule has 2 nitrogen and oxygen atoms in total. The lowest BCUT2D eigenvalue weighted by molar-refractivity contribution is 0.412. The summed E-state index contributed by atoms with van der Waals surface area (Å²) in [6.07, 6.45) is 2.04. The van der Waals surface area contributed by atoms with E-state index in [0.717, 1.165) is 31.8 Å². The molecule has 2 aromatic carbocycles. The summed E-state index contributed by atoms with van der Waals surface area (Å²) in [5.74, 6) is 0.822. The average molecular weight is 337 g/mol. The van der Waals surface area contributed by atoms with Gasteiger partial charge < -0.3 is 9.30 Å². The number of ether oxygens (including phenoxy) is 1. The van der Waals surface area contributed by atoms with Crippen LogP contribution in [0.15, 0.2) is 53.1 Å². The van der Waals surface area contributed by atoms with E-state index in [1.165, 1.54) is 0 Å². The Balaban J connectivity index is 2.16. The fourth-order valence-electron chi connectivity index (χ4n) is 2.14. The van der Waals surface area contributed by atoms with Crippen molar-refractivity contribution in [3.05, 3.63) is 58.2 Å². The Bertz CT molecular complexity index is 751. The molecular weight excluding hydrogens is 326 g/mol. The first-order valence-corrected chi connectivity index (χ1v) is 6.96. The van der Waals surface area contributed by atoms with Gasteiger partial charge in [0.1, 0.15) is 5.75 Å². The maximum absolute atomic E-state index is 6.01. The first-order valence-electron chi connectivity index (χ1n) is 5.79. The van der Waals surface area contributed by atoms with Gasteiger partial charge in [0, 0.05) is 22.3 Å². The molecule has 0 aliphatic rings. The third-order valence-corrected chi connectivity index (χ3v) is 3.92. The molecule has 0 saturated heterocycles. The summed E-state index contributed by atoms with van der Waals surface area (Å²) in [5, 5.41) is 1.88. The molecule has 0 amide bonds. The zero-order valence-electron chi connectivity index (χ0n) is 10.2. The second kappa shape index (κ2) is 4.91. The number of hydrogen-bond donors (Lipinski definition) is 0. The summed E-state index contributed by atoms with van der Waals surface area (Å²) in [7, 11) is 1.66. The van der Waals surface area contributed by atoms with Crippen LogP contribution in [0, 0.1) is 0 Å². The molecular formula is C15H11BrClNO. The van der Waals surface area contributed by atoms with Crippen LogP contribution < -0.4 is 4.74 Å². The Morgan fingerprint density at radius 3 is 2.68 bits per heavy atom. The second-order valence-corrected chi connectivity index (χ2v) is 5.50. The van der Waals surface area contributed by atoms with Gasteiger partial charge in [-0.05, 0) is 58.4 Å². The van der Waals surface area contributed by atoms with Gasteiger partial charge in [0.2, 0.25) is 0 Å². The SMILES string of the molecule is COc1ccc(-n2ccc3cc(Cl)ccc32)cc1Br. The van der Waals surface area contributed by atoms with Gasteiger partial charge in [-0.25, -0.2) is 0 Å². The number of rotatable bonds is 2. The van der Waals surface area contributed by atoms with Crippen LogP contribution in [0.3, 0.4) is 0 Å². The minimum atomic E-state index is 0.751. The first-order chi connectivity index (χ1) is 9.19. The summed E-state index contributed by atoms with van der Waals surface area (Å²) in [5.41, 5.74) is 2.20. The van der Waals surface area contributed by atoms with Crippen molar-refractivity contribution in [3.8, 4) is 11.4 Å². The molecule has 0 radical (unpaired) electrons. The third-order valence-electron chi connectivity index (χ3n) is 3.07. The highest BCUT2D eigenvalue weighted by atomic mass is 79.9. The zero-order chi connectivity index (χ0) is 13.4. The Kier molecular flexibility index (Phi) is 3.25. The molecule has 0 saturated carbocycles. The standard InChI is InChI=1S/C15H11BrClNO/c1-19-15-5-3-12(9-13(15)16)18-7-6-10-8-11(17)2-4-14(10)18/h2-9H,1H3. The van der Waals surface area contributed by atoms with E-state index in [4.69, 9.17) is 16.3 Å². The van der Waals surface area contributed by atoms with Crippen molar-refractivity contribution in [3.63, 3.8) is 0 Å². The van der Waals surface area contributed by atoms with E-state index in [0.29, 0.717) is 0 Å². The number of benzene rings is 2. The minimum absolute atomic E-state index is 0.751. The first kappa shape index (κ1) is 12.6. The highest BCUT2D eigenvalue weighted by molar-refractivity contribution is 9.10. The predicted molar refractivity (Wildman–Crippen MR) is 82.5 cm³/mol. The molecule has 0 aliphatic carbocycles. The molecule has 0 aliphatic heterocycles. The third kappa shape index (κ3) is 2.24. The van der Waals surface area contributed by atoms with Crippen molar-refractivity contribution in [1.29, 1.82) is 0 Å². The lowest BCUT2D eigenvalue weighted by Crippen LogP contribution is -1.93. The van der Waals surface area contributed by atoms with E-state index >= 15 is 0 Å². The Morgan fingerprint density at radius 2 is 1.95 bits per heavy atom. The van der Waals surface area contributed by atoms with Crippen LogP contribution in [0.2, 0.25) is 5.02 Å².